The Morgan fingerprint density at radius 3 is 3.12 bits per heavy atom. The van der Waals surface area contributed by atoms with Crippen molar-refractivity contribution in [3.63, 3.8) is 0 Å². The average Bonchev–Trinajstić information content (AvgIpc) is 3.22. The van der Waals surface area contributed by atoms with Crippen LogP contribution in [0.4, 0.5) is 5.00 Å². The molecule has 5 nitrogen and oxygen atoms in total. The Bertz CT molecular complexity index is 995. The molecular weight excluding hydrogens is 362 g/mol. The van der Waals surface area contributed by atoms with Gasteiger partial charge in [0, 0.05) is 22.5 Å². The molecule has 1 aliphatic rings. The summed E-state index contributed by atoms with van der Waals surface area (Å²) in [6, 6.07) is 8.26. The monoisotopic (exact) mass is 381 g/mol. The van der Waals surface area contributed by atoms with Crippen LogP contribution in [0.25, 0.3) is 5.65 Å². The molecule has 1 N–H and O–H groups in total. The summed E-state index contributed by atoms with van der Waals surface area (Å²) in [6.07, 6.45) is 7.31. The fraction of sp³-hybridized carbons (Fsp3) is 0.316. The molecule has 0 amide bonds. The predicted octanol–water partition coefficient (Wildman–Crippen LogP) is 4.65. The van der Waals surface area contributed by atoms with Crippen molar-refractivity contribution in [3.8, 4) is 6.07 Å². The number of nitriles is 1. The maximum Gasteiger partial charge on any atom is 0.195 e. The summed E-state index contributed by atoms with van der Waals surface area (Å²) >= 11 is 3.38. The van der Waals surface area contributed by atoms with E-state index in [4.69, 9.17) is 0 Å². The van der Waals surface area contributed by atoms with E-state index in [1.807, 2.05) is 28.8 Å². The van der Waals surface area contributed by atoms with Gasteiger partial charge in [0.25, 0.3) is 0 Å². The summed E-state index contributed by atoms with van der Waals surface area (Å²) in [6.45, 7) is 4.14. The minimum absolute atomic E-state index is 0.805. The van der Waals surface area contributed by atoms with Crippen LogP contribution in [0.2, 0.25) is 0 Å². The standard InChI is InChI=1S/C19H19N5S2/c1-13(9-11-25-19-23-22-17-8-4-5-10-24(17)19)21-18-15(12-20)14-6-2-3-7-16(14)26-18/h4-5,8,10,21H,1-3,6-7,9,11H2. The second-order valence-corrected chi connectivity index (χ2v) is 8.43. The first kappa shape index (κ1) is 17.1. The second-order valence-electron chi connectivity index (χ2n) is 6.27. The fourth-order valence-corrected chi connectivity index (χ4v) is 5.39. The Kier molecular flexibility index (Phi) is 4.96. The minimum Gasteiger partial charge on any atom is -0.350 e. The van der Waals surface area contributed by atoms with Crippen molar-refractivity contribution >= 4 is 33.7 Å². The van der Waals surface area contributed by atoms with E-state index in [1.54, 1.807) is 23.1 Å². The van der Waals surface area contributed by atoms with E-state index in [0.717, 1.165) is 52.1 Å². The summed E-state index contributed by atoms with van der Waals surface area (Å²) in [5.41, 5.74) is 3.86. The lowest BCUT2D eigenvalue weighted by Gasteiger charge is -2.09. The smallest absolute Gasteiger partial charge is 0.195 e. The molecule has 0 radical (unpaired) electrons. The molecule has 132 valence electrons. The van der Waals surface area contributed by atoms with E-state index in [9.17, 15) is 5.26 Å². The lowest BCUT2D eigenvalue weighted by Crippen LogP contribution is -2.01. The first-order valence-corrected chi connectivity index (χ1v) is 10.5. The summed E-state index contributed by atoms with van der Waals surface area (Å²) in [4.78, 5) is 1.37. The van der Waals surface area contributed by atoms with Crippen LogP contribution in [0, 0.1) is 11.3 Å². The quantitative estimate of drug-likeness (QED) is 0.630. The van der Waals surface area contributed by atoms with Crippen LogP contribution in [-0.4, -0.2) is 20.4 Å². The topological polar surface area (TPSA) is 66.0 Å². The van der Waals surface area contributed by atoms with Crippen molar-refractivity contribution < 1.29 is 0 Å². The molecule has 0 atom stereocenters. The van der Waals surface area contributed by atoms with E-state index in [-0.39, 0.29) is 0 Å². The normalized spacial score (nSPS) is 13.3. The number of aryl methyl sites for hydroxylation is 1. The van der Waals surface area contributed by atoms with Gasteiger partial charge in [0.05, 0.1) is 5.56 Å². The van der Waals surface area contributed by atoms with E-state index in [2.05, 4.69) is 28.2 Å². The van der Waals surface area contributed by atoms with Crippen molar-refractivity contribution in [2.45, 2.75) is 37.3 Å². The Labute approximate surface area is 160 Å². The number of pyridine rings is 1. The summed E-state index contributed by atoms with van der Waals surface area (Å²) in [5, 5.41) is 23.2. The number of nitrogens with zero attached hydrogens (tertiary/aromatic N) is 4. The van der Waals surface area contributed by atoms with Gasteiger partial charge in [-0.05, 0) is 49.8 Å². The second kappa shape index (κ2) is 7.52. The first-order valence-electron chi connectivity index (χ1n) is 8.68. The number of anilines is 1. The van der Waals surface area contributed by atoms with Crippen molar-refractivity contribution in [3.05, 3.63) is 52.7 Å². The first-order chi connectivity index (χ1) is 12.8. The molecule has 3 aromatic heterocycles. The highest BCUT2D eigenvalue weighted by Gasteiger charge is 2.20. The van der Waals surface area contributed by atoms with Gasteiger partial charge in [-0.2, -0.15) is 5.26 Å². The van der Waals surface area contributed by atoms with E-state index in [0.29, 0.717) is 0 Å². The van der Waals surface area contributed by atoms with Gasteiger partial charge in [-0.15, -0.1) is 21.5 Å². The highest BCUT2D eigenvalue weighted by molar-refractivity contribution is 7.99. The largest absolute Gasteiger partial charge is 0.350 e. The zero-order chi connectivity index (χ0) is 17.9. The summed E-state index contributed by atoms with van der Waals surface area (Å²) in [7, 11) is 0. The molecule has 0 saturated heterocycles. The molecule has 1 aliphatic carbocycles. The zero-order valence-electron chi connectivity index (χ0n) is 14.4. The molecule has 3 aromatic rings. The van der Waals surface area contributed by atoms with Gasteiger partial charge in [0.2, 0.25) is 0 Å². The Morgan fingerprint density at radius 2 is 2.23 bits per heavy atom. The van der Waals surface area contributed by atoms with Crippen LogP contribution in [0.1, 0.15) is 35.3 Å². The van der Waals surface area contributed by atoms with E-state index < -0.39 is 0 Å². The number of rotatable bonds is 6. The van der Waals surface area contributed by atoms with Gasteiger partial charge in [-0.25, -0.2) is 0 Å². The summed E-state index contributed by atoms with van der Waals surface area (Å²) < 4.78 is 1.99. The van der Waals surface area contributed by atoms with Crippen molar-refractivity contribution in [1.29, 1.82) is 5.26 Å². The van der Waals surface area contributed by atoms with Gasteiger partial charge in [-0.1, -0.05) is 24.4 Å². The van der Waals surface area contributed by atoms with Gasteiger partial charge < -0.3 is 5.32 Å². The van der Waals surface area contributed by atoms with Crippen molar-refractivity contribution in [2.75, 3.05) is 11.1 Å². The lowest BCUT2D eigenvalue weighted by molar-refractivity contribution is 0.696. The van der Waals surface area contributed by atoms with E-state index in [1.165, 1.54) is 23.3 Å². The molecule has 4 rings (SSSR count). The number of allylic oxidation sites excluding steroid dienone is 1. The molecule has 0 aromatic carbocycles. The number of hydrogen-bond acceptors (Lipinski definition) is 6. The minimum atomic E-state index is 0.805. The van der Waals surface area contributed by atoms with Crippen LogP contribution in [-0.2, 0) is 12.8 Å². The molecule has 0 bridgehead atoms. The molecule has 0 aliphatic heterocycles. The fourth-order valence-electron chi connectivity index (χ4n) is 3.18. The third kappa shape index (κ3) is 3.35. The molecule has 0 fully saturated rings. The van der Waals surface area contributed by atoms with Crippen LogP contribution in [0.15, 0.2) is 41.8 Å². The highest BCUT2D eigenvalue weighted by Crippen LogP contribution is 2.38. The van der Waals surface area contributed by atoms with Gasteiger partial charge in [0.1, 0.15) is 11.1 Å². The van der Waals surface area contributed by atoms with Gasteiger partial charge in [-0.3, -0.25) is 4.40 Å². The number of thioether (sulfide) groups is 1. The van der Waals surface area contributed by atoms with Gasteiger partial charge >= 0.3 is 0 Å². The predicted molar refractivity (Wildman–Crippen MR) is 107 cm³/mol. The molecule has 0 unspecified atom stereocenters. The number of fused-ring (bicyclic) bond motifs is 2. The highest BCUT2D eigenvalue weighted by atomic mass is 32.2. The molecule has 26 heavy (non-hydrogen) atoms. The number of thiophene rings is 1. The van der Waals surface area contributed by atoms with Crippen molar-refractivity contribution in [1.82, 2.24) is 14.6 Å². The SMILES string of the molecule is C=C(CCSc1nnc2ccccn12)Nc1sc2c(c1C#N)CCCC2. The Balaban J connectivity index is 1.37. The van der Waals surface area contributed by atoms with Crippen LogP contribution in [0.5, 0.6) is 0 Å². The van der Waals surface area contributed by atoms with Crippen LogP contribution >= 0.6 is 23.1 Å². The summed E-state index contributed by atoms with van der Waals surface area (Å²) in [5.74, 6) is 0.856. The average molecular weight is 382 g/mol. The Hall–Kier alpha value is -2.30. The molecule has 0 spiro atoms. The maximum atomic E-state index is 9.54. The van der Waals surface area contributed by atoms with Crippen molar-refractivity contribution in [2.24, 2.45) is 0 Å². The third-order valence-electron chi connectivity index (χ3n) is 4.49. The third-order valence-corrected chi connectivity index (χ3v) is 6.64. The number of nitrogens with one attached hydrogen (secondary N) is 1. The molecule has 7 heteroatoms. The number of hydrogen-bond donors (Lipinski definition) is 1. The molecule has 3 heterocycles. The molecule has 0 saturated carbocycles. The Morgan fingerprint density at radius 1 is 1.35 bits per heavy atom. The lowest BCUT2D eigenvalue weighted by atomic mass is 9.96. The number of aromatic nitrogens is 3. The van der Waals surface area contributed by atoms with Gasteiger partial charge in [0.15, 0.2) is 10.8 Å². The van der Waals surface area contributed by atoms with Crippen LogP contribution < -0.4 is 5.32 Å². The van der Waals surface area contributed by atoms with E-state index >= 15 is 0 Å². The maximum absolute atomic E-state index is 9.54. The molecular formula is C19H19N5S2. The zero-order valence-corrected chi connectivity index (χ0v) is 16.0. The van der Waals surface area contributed by atoms with Crippen LogP contribution in [0.3, 0.4) is 0 Å².